The van der Waals surface area contributed by atoms with E-state index < -0.39 is 15.7 Å². The zero-order chi connectivity index (χ0) is 18.6. The van der Waals surface area contributed by atoms with E-state index in [1.807, 2.05) is 0 Å². The Morgan fingerprint density at radius 3 is 2.54 bits per heavy atom. The van der Waals surface area contributed by atoms with Crippen molar-refractivity contribution in [3.05, 3.63) is 53.5 Å². The van der Waals surface area contributed by atoms with Crippen LogP contribution in [0.1, 0.15) is 22.5 Å². The van der Waals surface area contributed by atoms with E-state index in [2.05, 4.69) is 20.8 Å². The summed E-state index contributed by atoms with van der Waals surface area (Å²) in [6.45, 7) is 0.589. The molecule has 9 heteroatoms. The third-order valence-corrected chi connectivity index (χ3v) is 5.87. The maximum Gasteiger partial charge on any atom is 0.272 e. The van der Waals surface area contributed by atoms with Gasteiger partial charge in [-0.1, -0.05) is 12.1 Å². The molecule has 0 radical (unpaired) electrons. The van der Waals surface area contributed by atoms with Crippen molar-refractivity contribution in [2.45, 2.75) is 18.9 Å². The fourth-order valence-corrected chi connectivity index (χ4v) is 4.38. The van der Waals surface area contributed by atoms with Gasteiger partial charge in [-0.15, -0.1) is 10.2 Å². The predicted molar refractivity (Wildman–Crippen MR) is 95.2 cm³/mol. The molecule has 7 nitrogen and oxygen atoms in total. The zero-order valence-electron chi connectivity index (χ0n) is 14.0. The molecule has 1 saturated heterocycles. The molecule has 0 bridgehead atoms. The van der Waals surface area contributed by atoms with Crippen LogP contribution in [0.15, 0.2) is 36.4 Å². The van der Waals surface area contributed by atoms with Crippen molar-refractivity contribution in [3.63, 3.8) is 0 Å². The van der Waals surface area contributed by atoms with Crippen molar-refractivity contribution in [1.82, 2.24) is 15.5 Å². The number of rotatable bonds is 6. The van der Waals surface area contributed by atoms with Gasteiger partial charge in [-0.2, -0.15) is 0 Å². The normalized spacial score (nSPS) is 18.4. The second-order valence-electron chi connectivity index (χ2n) is 6.18. The van der Waals surface area contributed by atoms with Gasteiger partial charge in [-0.25, -0.2) is 12.8 Å². The van der Waals surface area contributed by atoms with Crippen LogP contribution in [0, 0.1) is 5.82 Å². The molecule has 1 aliphatic heterocycles. The minimum absolute atomic E-state index is 0.0325. The van der Waals surface area contributed by atoms with Crippen LogP contribution in [0.4, 0.5) is 10.2 Å². The average molecular weight is 378 g/mol. The summed E-state index contributed by atoms with van der Waals surface area (Å²) in [7, 11) is -3.05. The van der Waals surface area contributed by atoms with Crippen molar-refractivity contribution in [3.8, 4) is 0 Å². The van der Waals surface area contributed by atoms with Gasteiger partial charge in [0.1, 0.15) is 11.6 Å². The van der Waals surface area contributed by atoms with Gasteiger partial charge >= 0.3 is 0 Å². The summed E-state index contributed by atoms with van der Waals surface area (Å²) in [5.74, 6) is -0.114. The SMILES string of the molecule is O=C(NC1CCS(=O)(=O)C1)c1ccc(NCCc2ccc(F)cc2)nn1. The number of halogens is 1. The summed E-state index contributed by atoms with van der Waals surface area (Å²) in [6.07, 6.45) is 1.12. The number of hydrogen-bond donors (Lipinski definition) is 2. The number of carbonyl (C=O) groups is 1. The Morgan fingerprint density at radius 2 is 1.92 bits per heavy atom. The molecule has 0 saturated carbocycles. The summed E-state index contributed by atoms with van der Waals surface area (Å²) < 4.78 is 35.7. The highest BCUT2D eigenvalue weighted by atomic mass is 32.2. The molecule has 1 aliphatic rings. The minimum Gasteiger partial charge on any atom is -0.368 e. The first-order valence-electron chi connectivity index (χ1n) is 8.25. The van der Waals surface area contributed by atoms with Gasteiger partial charge in [0.2, 0.25) is 0 Å². The summed E-state index contributed by atoms with van der Waals surface area (Å²) in [6, 6.07) is 9.07. The largest absolute Gasteiger partial charge is 0.368 e. The van der Waals surface area contributed by atoms with E-state index in [4.69, 9.17) is 0 Å². The highest BCUT2D eigenvalue weighted by Gasteiger charge is 2.29. The molecular weight excluding hydrogens is 359 g/mol. The van der Waals surface area contributed by atoms with Crippen molar-refractivity contribution in [1.29, 1.82) is 0 Å². The molecule has 0 aliphatic carbocycles. The monoisotopic (exact) mass is 378 g/mol. The summed E-state index contributed by atoms with van der Waals surface area (Å²) in [5, 5.41) is 13.6. The number of amides is 1. The smallest absolute Gasteiger partial charge is 0.272 e. The van der Waals surface area contributed by atoms with Crippen LogP contribution in [0.5, 0.6) is 0 Å². The van der Waals surface area contributed by atoms with Crippen LogP contribution in [-0.2, 0) is 16.3 Å². The zero-order valence-corrected chi connectivity index (χ0v) is 14.8. The number of hydrogen-bond acceptors (Lipinski definition) is 6. The predicted octanol–water partition coefficient (Wildman–Crippen LogP) is 1.19. The summed E-state index contributed by atoms with van der Waals surface area (Å²) >= 11 is 0. The second kappa shape index (κ2) is 7.77. The molecule has 1 aromatic carbocycles. The van der Waals surface area contributed by atoms with E-state index in [0.717, 1.165) is 5.56 Å². The topological polar surface area (TPSA) is 101 Å². The van der Waals surface area contributed by atoms with Crippen molar-refractivity contribution < 1.29 is 17.6 Å². The lowest BCUT2D eigenvalue weighted by Gasteiger charge is -2.10. The summed E-state index contributed by atoms with van der Waals surface area (Å²) in [5.41, 5.74) is 1.13. The molecule has 2 N–H and O–H groups in total. The van der Waals surface area contributed by atoms with E-state index in [1.165, 1.54) is 18.2 Å². The van der Waals surface area contributed by atoms with Crippen LogP contribution in [0.2, 0.25) is 0 Å². The van der Waals surface area contributed by atoms with Crippen molar-refractivity contribution in [2.24, 2.45) is 0 Å². The van der Waals surface area contributed by atoms with Gasteiger partial charge in [0.05, 0.1) is 11.5 Å². The molecule has 3 rings (SSSR count). The fraction of sp³-hybridized carbons (Fsp3) is 0.353. The molecule has 2 aromatic rings. The van der Waals surface area contributed by atoms with E-state index in [0.29, 0.717) is 25.2 Å². The van der Waals surface area contributed by atoms with E-state index >= 15 is 0 Å². The van der Waals surface area contributed by atoms with Crippen LogP contribution < -0.4 is 10.6 Å². The Bertz CT molecular complexity index is 870. The van der Waals surface area contributed by atoms with Crippen LogP contribution in [-0.4, -0.2) is 48.6 Å². The Kier molecular flexibility index (Phi) is 5.46. The standard InChI is InChI=1S/C17H19FN4O3S/c18-13-3-1-12(2-4-13)7-9-19-16-6-5-15(21-22-16)17(23)20-14-8-10-26(24,25)11-14/h1-6,14H,7-11H2,(H,19,22)(H,20,23). The van der Waals surface area contributed by atoms with Gasteiger partial charge in [-0.3, -0.25) is 4.79 Å². The summed E-state index contributed by atoms with van der Waals surface area (Å²) in [4.78, 5) is 12.1. The maximum absolute atomic E-state index is 12.8. The molecular formula is C17H19FN4O3S. The molecule has 0 spiro atoms. The number of benzene rings is 1. The lowest BCUT2D eigenvalue weighted by Crippen LogP contribution is -2.36. The molecule has 138 valence electrons. The second-order valence-corrected chi connectivity index (χ2v) is 8.41. The third kappa shape index (κ3) is 4.98. The van der Waals surface area contributed by atoms with Crippen molar-refractivity contribution in [2.75, 3.05) is 23.4 Å². The van der Waals surface area contributed by atoms with Gasteiger partial charge in [0, 0.05) is 12.6 Å². The number of carbonyl (C=O) groups excluding carboxylic acids is 1. The third-order valence-electron chi connectivity index (χ3n) is 4.10. The average Bonchev–Trinajstić information content (AvgIpc) is 2.96. The minimum atomic E-state index is -3.05. The van der Waals surface area contributed by atoms with Crippen molar-refractivity contribution >= 4 is 21.6 Å². The maximum atomic E-state index is 12.8. The molecule has 1 amide bonds. The van der Waals surface area contributed by atoms with E-state index in [-0.39, 0.29) is 29.1 Å². The molecule has 1 aromatic heterocycles. The number of nitrogens with one attached hydrogen (secondary N) is 2. The first kappa shape index (κ1) is 18.2. The quantitative estimate of drug-likeness (QED) is 0.783. The molecule has 26 heavy (non-hydrogen) atoms. The van der Waals surface area contributed by atoms with E-state index in [9.17, 15) is 17.6 Å². The van der Waals surface area contributed by atoms with Crippen LogP contribution in [0.3, 0.4) is 0 Å². The van der Waals surface area contributed by atoms with Gasteiger partial charge in [-0.05, 0) is 42.7 Å². The highest BCUT2D eigenvalue weighted by molar-refractivity contribution is 7.91. The fourth-order valence-electron chi connectivity index (χ4n) is 2.70. The lowest BCUT2D eigenvalue weighted by molar-refractivity contribution is 0.0935. The number of anilines is 1. The van der Waals surface area contributed by atoms with Gasteiger partial charge < -0.3 is 10.6 Å². The molecule has 2 heterocycles. The number of nitrogens with zero attached hydrogens (tertiary/aromatic N) is 2. The van der Waals surface area contributed by atoms with Gasteiger partial charge in [0.15, 0.2) is 15.5 Å². The molecule has 1 atom stereocenters. The first-order valence-corrected chi connectivity index (χ1v) is 10.1. The Morgan fingerprint density at radius 1 is 1.15 bits per heavy atom. The molecule has 1 fully saturated rings. The van der Waals surface area contributed by atoms with Gasteiger partial charge in [0.25, 0.3) is 5.91 Å². The highest BCUT2D eigenvalue weighted by Crippen LogP contribution is 2.12. The Labute approximate surface area is 150 Å². The number of aromatic nitrogens is 2. The number of sulfone groups is 1. The lowest BCUT2D eigenvalue weighted by atomic mass is 10.1. The van der Waals surface area contributed by atoms with E-state index in [1.54, 1.807) is 18.2 Å². The van der Waals surface area contributed by atoms with Crippen LogP contribution >= 0.6 is 0 Å². The molecule has 1 unspecified atom stereocenters. The van der Waals surface area contributed by atoms with Crippen LogP contribution in [0.25, 0.3) is 0 Å². The Balaban J connectivity index is 1.48. The Hall–Kier alpha value is -2.55. The first-order chi connectivity index (χ1) is 12.4.